The topological polar surface area (TPSA) is 30.5 Å². The van der Waals surface area contributed by atoms with Crippen molar-refractivity contribution in [1.29, 1.82) is 0 Å². The molecule has 0 atom stereocenters. The van der Waals surface area contributed by atoms with Crippen molar-refractivity contribution in [3.63, 3.8) is 0 Å². The monoisotopic (exact) mass is 337 g/mol. The third-order valence-corrected chi connectivity index (χ3v) is 3.54. The van der Waals surface area contributed by atoms with Gasteiger partial charge in [-0.1, -0.05) is 28.1 Å². The minimum atomic E-state index is -0.290. The maximum Gasteiger partial charge on any atom is 0.166 e. The molecule has 0 saturated carbocycles. The summed E-state index contributed by atoms with van der Waals surface area (Å²) in [5.41, 5.74) is 1.41. The van der Waals surface area contributed by atoms with Crippen LogP contribution in [0.15, 0.2) is 40.9 Å². The van der Waals surface area contributed by atoms with Gasteiger partial charge in [0.2, 0.25) is 0 Å². The number of hydrogen-bond acceptors (Lipinski definition) is 3. The van der Waals surface area contributed by atoms with E-state index in [-0.39, 0.29) is 5.82 Å². The van der Waals surface area contributed by atoms with Crippen LogP contribution >= 0.6 is 15.9 Å². The molecular formula is C15H13BrFNO2. The fourth-order valence-corrected chi connectivity index (χ4v) is 2.43. The van der Waals surface area contributed by atoms with Crippen LogP contribution in [0.4, 0.5) is 10.1 Å². The summed E-state index contributed by atoms with van der Waals surface area (Å²) in [6.45, 7) is 1.58. The minimum absolute atomic E-state index is 0.290. The van der Waals surface area contributed by atoms with Gasteiger partial charge in [-0.15, -0.1) is 0 Å². The van der Waals surface area contributed by atoms with Gasteiger partial charge in [0.25, 0.3) is 0 Å². The van der Waals surface area contributed by atoms with Crippen molar-refractivity contribution >= 4 is 21.6 Å². The van der Waals surface area contributed by atoms with Gasteiger partial charge in [-0.2, -0.15) is 0 Å². The number of nitrogens with one attached hydrogen (secondary N) is 1. The predicted octanol–water partition coefficient (Wildman–Crippen LogP) is 3.97. The van der Waals surface area contributed by atoms with Crippen LogP contribution in [-0.4, -0.2) is 13.2 Å². The molecule has 5 heteroatoms. The molecule has 0 aliphatic carbocycles. The number of benzene rings is 2. The molecule has 20 heavy (non-hydrogen) atoms. The van der Waals surface area contributed by atoms with Crippen LogP contribution in [0, 0.1) is 5.82 Å². The molecule has 0 amide bonds. The fourth-order valence-electron chi connectivity index (χ4n) is 2.10. The van der Waals surface area contributed by atoms with E-state index >= 15 is 0 Å². The van der Waals surface area contributed by atoms with Crippen molar-refractivity contribution in [2.45, 2.75) is 6.54 Å². The zero-order valence-corrected chi connectivity index (χ0v) is 12.2. The highest BCUT2D eigenvalue weighted by molar-refractivity contribution is 9.10. The van der Waals surface area contributed by atoms with E-state index < -0.39 is 0 Å². The SMILES string of the molecule is Fc1cc(Br)ccc1NCc1cccc2c1OCCO2. The first-order chi connectivity index (χ1) is 9.74. The van der Waals surface area contributed by atoms with Gasteiger partial charge in [-0.05, 0) is 24.3 Å². The average Bonchev–Trinajstić information content (AvgIpc) is 2.46. The molecule has 1 aliphatic rings. The van der Waals surface area contributed by atoms with Gasteiger partial charge < -0.3 is 14.8 Å². The lowest BCUT2D eigenvalue weighted by atomic mass is 10.1. The van der Waals surface area contributed by atoms with E-state index in [0.717, 1.165) is 21.5 Å². The summed E-state index contributed by atoms with van der Waals surface area (Å²) in [5, 5.41) is 3.08. The smallest absolute Gasteiger partial charge is 0.166 e. The first kappa shape index (κ1) is 13.2. The number of hydrogen-bond donors (Lipinski definition) is 1. The molecule has 1 heterocycles. The lowest BCUT2D eigenvalue weighted by molar-refractivity contribution is 0.170. The van der Waals surface area contributed by atoms with Crippen LogP contribution in [0.3, 0.4) is 0 Å². The van der Waals surface area contributed by atoms with Gasteiger partial charge in [-0.25, -0.2) is 4.39 Å². The lowest BCUT2D eigenvalue weighted by Gasteiger charge is -2.21. The van der Waals surface area contributed by atoms with Crippen LogP contribution in [0.2, 0.25) is 0 Å². The molecule has 2 aromatic carbocycles. The Kier molecular flexibility index (Phi) is 3.78. The Balaban J connectivity index is 1.78. The Labute approximate surface area is 124 Å². The van der Waals surface area contributed by atoms with E-state index in [4.69, 9.17) is 9.47 Å². The van der Waals surface area contributed by atoms with Gasteiger partial charge in [0.05, 0.1) is 5.69 Å². The molecule has 0 bridgehead atoms. The van der Waals surface area contributed by atoms with Crippen LogP contribution in [-0.2, 0) is 6.54 Å². The van der Waals surface area contributed by atoms with Crippen LogP contribution < -0.4 is 14.8 Å². The molecule has 3 rings (SSSR count). The van der Waals surface area contributed by atoms with Gasteiger partial charge in [0, 0.05) is 16.6 Å². The third-order valence-electron chi connectivity index (χ3n) is 3.05. The van der Waals surface area contributed by atoms with Crippen molar-refractivity contribution in [2.75, 3.05) is 18.5 Å². The Bertz CT molecular complexity index is 633. The van der Waals surface area contributed by atoms with E-state index in [9.17, 15) is 4.39 Å². The van der Waals surface area contributed by atoms with E-state index in [1.807, 2.05) is 18.2 Å². The van der Waals surface area contributed by atoms with Crippen molar-refractivity contribution < 1.29 is 13.9 Å². The normalized spacial score (nSPS) is 13.1. The molecule has 2 aromatic rings. The second-order valence-electron chi connectivity index (χ2n) is 4.42. The summed E-state index contributed by atoms with van der Waals surface area (Å²) >= 11 is 3.24. The Morgan fingerprint density at radius 1 is 1.15 bits per heavy atom. The zero-order chi connectivity index (χ0) is 13.9. The predicted molar refractivity (Wildman–Crippen MR) is 78.9 cm³/mol. The standard InChI is InChI=1S/C15H13BrFNO2/c16-11-4-5-13(12(17)8-11)18-9-10-2-1-3-14-15(10)20-7-6-19-14/h1-5,8,18H,6-7,9H2. The van der Waals surface area contributed by atoms with Crippen molar-refractivity contribution in [3.05, 3.63) is 52.3 Å². The molecule has 0 radical (unpaired) electrons. The highest BCUT2D eigenvalue weighted by Crippen LogP contribution is 2.34. The Morgan fingerprint density at radius 3 is 2.85 bits per heavy atom. The van der Waals surface area contributed by atoms with Crippen molar-refractivity contribution in [2.24, 2.45) is 0 Å². The molecule has 1 N–H and O–H groups in total. The number of para-hydroxylation sites is 1. The first-order valence-electron chi connectivity index (χ1n) is 6.30. The van der Waals surface area contributed by atoms with E-state index in [1.165, 1.54) is 6.07 Å². The number of fused-ring (bicyclic) bond motifs is 1. The van der Waals surface area contributed by atoms with Crippen LogP contribution in [0.5, 0.6) is 11.5 Å². The number of rotatable bonds is 3. The molecule has 0 aromatic heterocycles. The second-order valence-corrected chi connectivity index (χ2v) is 5.33. The molecule has 0 unspecified atom stereocenters. The lowest BCUT2D eigenvalue weighted by Crippen LogP contribution is -2.17. The molecule has 1 aliphatic heterocycles. The molecule has 0 fully saturated rings. The maximum absolute atomic E-state index is 13.7. The molecule has 3 nitrogen and oxygen atoms in total. The highest BCUT2D eigenvalue weighted by atomic mass is 79.9. The summed E-state index contributed by atoms with van der Waals surface area (Å²) in [5.74, 6) is 1.19. The van der Waals surface area contributed by atoms with E-state index in [2.05, 4.69) is 21.2 Å². The van der Waals surface area contributed by atoms with Gasteiger partial charge >= 0.3 is 0 Å². The number of halogens is 2. The first-order valence-corrected chi connectivity index (χ1v) is 7.10. The quantitative estimate of drug-likeness (QED) is 0.919. The van der Waals surface area contributed by atoms with E-state index in [1.54, 1.807) is 12.1 Å². The summed E-state index contributed by atoms with van der Waals surface area (Å²) in [6, 6.07) is 10.7. The maximum atomic E-state index is 13.7. The molecule has 0 spiro atoms. The summed E-state index contributed by atoms with van der Waals surface area (Å²) < 4.78 is 25.6. The zero-order valence-electron chi connectivity index (χ0n) is 10.7. The van der Waals surface area contributed by atoms with Crippen molar-refractivity contribution in [1.82, 2.24) is 0 Å². The average molecular weight is 338 g/mol. The summed E-state index contributed by atoms with van der Waals surface area (Å²) in [7, 11) is 0. The molecule has 0 saturated heterocycles. The Morgan fingerprint density at radius 2 is 2.00 bits per heavy atom. The molecular weight excluding hydrogens is 325 g/mol. The van der Waals surface area contributed by atoms with Crippen molar-refractivity contribution in [3.8, 4) is 11.5 Å². The summed E-state index contributed by atoms with van der Waals surface area (Å²) in [6.07, 6.45) is 0. The largest absolute Gasteiger partial charge is 0.486 e. The summed E-state index contributed by atoms with van der Waals surface area (Å²) in [4.78, 5) is 0. The Hall–Kier alpha value is -1.75. The van der Waals surface area contributed by atoms with Gasteiger partial charge in [0.15, 0.2) is 11.5 Å². The highest BCUT2D eigenvalue weighted by Gasteiger charge is 2.15. The van der Waals surface area contributed by atoms with Gasteiger partial charge in [-0.3, -0.25) is 0 Å². The second kappa shape index (κ2) is 5.71. The van der Waals surface area contributed by atoms with Crippen LogP contribution in [0.25, 0.3) is 0 Å². The third kappa shape index (κ3) is 2.72. The fraction of sp³-hybridized carbons (Fsp3) is 0.200. The minimum Gasteiger partial charge on any atom is -0.486 e. The number of anilines is 1. The molecule has 104 valence electrons. The van der Waals surface area contributed by atoms with E-state index in [0.29, 0.717) is 25.4 Å². The van der Waals surface area contributed by atoms with Crippen LogP contribution in [0.1, 0.15) is 5.56 Å². The van der Waals surface area contributed by atoms with Gasteiger partial charge in [0.1, 0.15) is 19.0 Å². The number of ether oxygens (including phenoxy) is 2.